The Morgan fingerprint density at radius 2 is 2.35 bits per heavy atom. The molecule has 114 valence electrons. The molecule has 1 fully saturated rings. The molecule has 0 bridgehead atoms. The first-order valence-corrected chi connectivity index (χ1v) is 5.26. The first-order valence-electron chi connectivity index (χ1n) is 5.26. The van der Waals surface area contributed by atoms with Crippen molar-refractivity contribution >= 4 is 12.1 Å². The van der Waals surface area contributed by atoms with E-state index in [1.165, 1.54) is 6.92 Å². The number of hydrazine groups is 1. The first kappa shape index (κ1) is 16.3. The van der Waals surface area contributed by atoms with Crippen molar-refractivity contribution in [1.29, 1.82) is 0 Å². The van der Waals surface area contributed by atoms with E-state index < -0.39 is 23.7 Å². The van der Waals surface area contributed by atoms with Gasteiger partial charge >= 0.3 is 12.1 Å². The molecule has 1 heterocycles. The molecule has 2 unspecified atom stereocenters. The van der Waals surface area contributed by atoms with Crippen LogP contribution in [-0.2, 0) is 28.9 Å². The zero-order chi connectivity index (χ0) is 15.0. The van der Waals surface area contributed by atoms with E-state index >= 15 is 0 Å². The Morgan fingerprint density at radius 3 is 2.95 bits per heavy atom. The highest BCUT2D eigenvalue weighted by molar-refractivity contribution is 5.86. The van der Waals surface area contributed by atoms with Crippen molar-refractivity contribution in [1.82, 2.24) is 16.5 Å². The predicted octanol–water partition coefficient (Wildman–Crippen LogP) is -2.68. The van der Waals surface area contributed by atoms with E-state index in [9.17, 15) is 14.8 Å². The summed E-state index contributed by atoms with van der Waals surface area (Å²) >= 11 is 0. The van der Waals surface area contributed by atoms with Crippen LogP contribution >= 0.6 is 0 Å². The van der Waals surface area contributed by atoms with Crippen molar-refractivity contribution in [3.05, 3.63) is 17.4 Å². The number of rotatable bonds is 9. The predicted molar refractivity (Wildman–Crippen MR) is 57.9 cm³/mol. The highest BCUT2D eigenvalue weighted by Gasteiger charge is 2.24. The van der Waals surface area contributed by atoms with Gasteiger partial charge in [-0.25, -0.2) is 9.59 Å². The molecule has 0 spiro atoms. The first-order chi connectivity index (χ1) is 9.49. The molecule has 0 aromatic heterocycles. The van der Waals surface area contributed by atoms with Crippen molar-refractivity contribution in [2.75, 3.05) is 13.3 Å². The quantitative estimate of drug-likeness (QED) is 0.116. The van der Waals surface area contributed by atoms with Crippen molar-refractivity contribution in [2.45, 2.75) is 13.2 Å². The maximum absolute atomic E-state index is 11.0. The molecule has 4 N–H and O–H groups in total. The zero-order valence-corrected chi connectivity index (χ0v) is 10.5. The van der Waals surface area contributed by atoms with Crippen LogP contribution in [0.2, 0.25) is 0 Å². The van der Waals surface area contributed by atoms with Gasteiger partial charge in [0.05, 0.1) is 0 Å². The minimum absolute atomic E-state index is 0.00784. The summed E-state index contributed by atoms with van der Waals surface area (Å²) in [5, 5.41) is 12.4. The number of hydrogen-bond donors (Lipinski definition) is 4. The minimum Gasteiger partial charge on any atom is -0.564 e. The van der Waals surface area contributed by atoms with Crippen LogP contribution in [0.1, 0.15) is 6.92 Å². The number of ether oxygens (including phenoxy) is 2. The number of quaternary nitrogens is 1. The average Bonchev–Trinajstić information content (AvgIpc) is 2.80. The summed E-state index contributed by atoms with van der Waals surface area (Å²) in [6.45, 7) is 4.48. The average molecular weight is 294 g/mol. The summed E-state index contributed by atoms with van der Waals surface area (Å²) in [6, 6.07) is 0. The van der Waals surface area contributed by atoms with Gasteiger partial charge in [-0.05, 0) is 12.5 Å². The molecule has 0 saturated carbocycles. The van der Waals surface area contributed by atoms with Gasteiger partial charge in [-0.15, -0.1) is 0 Å². The fourth-order valence-corrected chi connectivity index (χ4v) is 0.868. The van der Waals surface area contributed by atoms with Crippen molar-refractivity contribution in [2.24, 2.45) is 0 Å². The molecule has 1 saturated heterocycles. The van der Waals surface area contributed by atoms with E-state index in [2.05, 4.69) is 36.0 Å². The fourth-order valence-electron chi connectivity index (χ4n) is 0.868. The third kappa shape index (κ3) is 6.39. The van der Waals surface area contributed by atoms with Crippen molar-refractivity contribution in [3.8, 4) is 0 Å². The summed E-state index contributed by atoms with van der Waals surface area (Å²) < 4.78 is 9.06. The Kier molecular flexibility index (Phi) is 6.82. The van der Waals surface area contributed by atoms with Crippen LogP contribution in [0.3, 0.4) is 0 Å². The van der Waals surface area contributed by atoms with Gasteiger partial charge in [-0.1, -0.05) is 22.5 Å². The molecular weight excluding hydrogens is 280 g/mol. The number of hydrogen-bond acceptors (Lipinski definition) is 11. The highest BCUT2D eigenvalue weighted by Crippen LogP contribution is 2.01. The van der Waals surface area contributed by atoms with Crippen LogP contribution in [0.25, 0.3) is 0 Å². The van der Waals surface area contributed by atoms with Gasteiger partial charge in [0.15, 0.2) is 13.0 Å². The third-order valence-electron chi connectivity index (χ3n) is 1.76. The molecule has 0 aromatic rings. The Hall–Kier alpha value is -1.80. The van der Waals surface area contributed by atoms with Gasteiger partial charge < -0.3 is 19.5 Å². The lowest BCUT2D eigenvalue weighted by Gasteiger charge is -2.17. The molecule has 1 aliphatic rings. The summed E-state index contributed by atoms with van der Waals surface area (Å²) in [5.41, 5.74) is 3.80. The molecule has 1 aliphatic heterocycles. The summed E-state index contributed by atoms with van der Waals surface area (Å²) in [7, 11) is 0. The van der Waals surface area contributed by atoms with Gasteiger partial charge in [0.2, 0.25) is 0 Å². The lowest BCUT2D eigenvalue weighted by molar-refractivity contribution is -1.22. The molecule has 0 aromatic carbocycles. The van der Waals surface area contributed by atoms with E-state index in [4.69, 9.17) is 0 Å². The van der Waals surface area contributed by atoms with Crippen LogP contribution in [0.4, 0.5) is 4.79 Å². The molecule has 12 nitrogen and oxygen atoms in total. The molecule has 1 rings (SSSR count). The van der Waals surface area contributed by atoms with Gasteiger partial charge in [-0.3, -0.25) is 5.32 Å². The SMILES string of the molecule is C=C(C)C(=O)ONNO[NH+]([O-])OCNC1COC(=O)O1. The van der Waals surface area contributed by atoms with E-state index in [1.807, 2.05) is 11.2 Å². The van der Waals surface area contributed by atoms with Crippen molar-refractivity contribution in [3.63, 3.8) is 0 Å². The van der Waals surface area contributed by atoms with Gasteiger partial charge in [0.25, 0.3) is 0 Å². The third-order valence-corrected chi connectivity index (χ3v) is 1.76. The van der Waals surface area contributed by atoms with Gasteiger partial charge in [-0.2, -0.15) is 4.84 Å². The summed E-state index contributed by atoms with van der Waals surface area (Å²) in [4.78, 5) is 34.5. The van der Waals surface area contributed by atoms with Crippen LogP contribution in [0, 0.1) is 5.21 Å². The standard InChI is InChI=1S/C8H14N4O8/c1-5(2)7(13)19-10-11-20-12(15)17-4-9-6-3-16-8(14)18-6/h6,9-12H,1,3-4H2,2H3. The maximum Gasteiger partial charge on any atom is 0.510 e. The van der Waals surface area contributed by atoms with Crippen molar-refractivity contribution < 1.29 is 39.1 Å². The van der Waals surface area contributed by atoms with Gasteiger partial charge in [0, 0.05) is 5.57 Å². The number of cyclic esters (lactones) is 2. The monoisotopic (exact) mass is 294 g/mol. The van der Waals surface area contributed by atoms with E-state index in [0.29, 0.717) is 0 Å². The molecule has 2 atom stereocenters. The Bertz CT molecular complexity index is 364. The van der Waals surface area contributed by atoms with Crippen LogP contribution in [-0.4, -0.2) is 31.7 Å². The summed E-state index contributed by atoms with van der Waals surface area (Å²) in [6.07, 6.45) is -1.51. The molecule has 12 heteroatoms. The highest BCUT2D eigenvalue weighted by atomic mass is 17.2. The van der Waals surface area contributed by atoms with E-state index in [-0.39, 0.29) is 18.9 Å². The molecule has 0 radical (unpaired) electrons. The molecule has 0 amide bonds. The topological polar surface area (TPSA) is 144 Å². The fraction of sp³-hybridized carbons (Fsp3) is 0.500. The maximum atomic E-state index is 11.0. The summed E-state index contributed by atoms with van der Waals surface area (Å²) in [5.74, 6) is -0.737. The zero-order valence-electron chi connectivity index (χ0n) is 10.5. The molecule has 0 aliphatic carbocycles. The van der Waals surface area contributed by atoms with Gasteiger partial charge in [0.1, 0.15) is 6.61 Å². The van der Waals surface area contributed by atoms with E-state index in [1.54, 1.807) is 0 Å². The second-order valence-corrected chi connectivity index (χ2v) is 3.39. The number of carbonyl (C=O) groups is 2. The Balaban J connectivity index is 1.97. The Morgan fingerprint density at radius 1 is 1.60 bits per heavy atom. The molecular formula is C8H14N4O8. The minimum atomic E-state index is -1.12. The second kappa shape index (κ2) is 8.39. The Labute approximate surface area is 112 Å². The van der Waals surface area contributed by atoms with Crippen LogP contribution in [0.5, 0.6) is 0 Å². The second-order valence-electron chi connectivity index (χ2n) is 3.39. The molecule has 20 heavy (non-hydrogen) atoms. The lowest BCUT2D eigenvalue weighted by atomic mass is 10.4. The van der Waals surface area contributed by atoms with Crippen LogP contribution < -0.4 is 21.9 Å². The number of carbonyl (C=O) groups excluding carboxylic acids is 2. The van der Waals surface area contributed by atoms with Crippen LogP contribution in [0.15, 0.2) is 12.2 Å². The lowest BCUT2D eigenvalue weighted by Crippen LogP contribution is -3.07. The normalized spacial score (nSPS) is 19.1. The number of nitrogens with one attached hydrogen (secondary N) is 4. The largest absolute Gasteiger partial charge is 0.564 e. The van der Waals surface area contributed by atoms with E-state index in [0.717, 1.165) is 0 Å². The smallest absolute Gasteiger partial charge is 0.510 e.